The molecule has 160 valence electrons. The van der Waals surface area contributed by atoms with E-state index in [0.717, 1.165) is 16.5 Å². The van der Waals surface area contributed by atoms with E-state index in [-0.39, 0.29) is 4.90 Å². The van der Waals surface area contributed by atoms with E-state index in [1.165, 1.54) is 11.1 Å². The fourth-order valence-electron chi connectivity index (χ4n) is 3.77. The van der Waals surface area contributed by atoms with Crippen LogP contribution in [0.3, 0.4) is 0 Å². The molecular weight excluding hydrogens is 414 g/mol. The number of fused-ring (bicyclic) bond motifs is 1. The summed E-state index contributed by atoms with van der Waals surface area (Å²) in [6.07, 6.45) is 0. The second kappa shape index (κ2) is 8.00. The zero-order chi connectivity index (χ0) is 22.2. The van der Waals surface area contributed by atoms with Crippen LogP contribution in [0, 0.1) is 6.92 Å². The zero-order valence-corrected chi connectivity index (χ0v) is 18.6. The molecule has 0 amide bonds. The van der Waals surface area contributed by atoms with E-state index in [2.05, 4.69) is 0 Å². The fraction of sp³-hybridized carbons (Fsp3) is 0.167. The van der Waals surface area contributed by atoms with Crippen molar-refractivity contribution in [2.75, 3.05) is 21.3 Å². The summed E-state index contributed by atoms with van der Waals surface area (Å²) in [6.45, 7) is 1.91. The van der Waals surface area contributed by atoms with Crippen molar-refractivity contribution in [3.8, 4) is 28.5 Å². The zero-order valence-electron chi connectivity index (χ0n) is 17.7. The molecule has 0 atom stereocenters. The van der Waals surface area contributed by atoms with Gasteiger partial charge in [0.05, 0.1) is 37.4 Å². The Hall–Kier alpha value is -3.45. The summed E-state index contributed by atoms with van der Waals surface area (Å²) in [5.74, 6) is 1.69. The number of aromatic nitrogens is 1. The SMILES string of the molecule is COc1ccc(-c2c(C)c3cc(OC)c(OC)cc3n2S(=O)(=O)c2ccccc2)cc1. The van der Waals surface area contributed by atoms with Gasteiger partial charge in [0, 0.05) is 11.5 Å². The topological polar surface area (TPSA) is 66.8 Å². The van der Waals surface area contributed by atoms with Crippen molar-refractivity contribution in [3.05, 3.63) is 72.3 Å². The van der Waals surface area contributed by atoms with Gasteiger partial charge in [0.1, 0.15) is 5.75 Å². The molecule has 4 aromatic rings. The molecule has 0 saturated heterocycles. The number of methoxy groups -OCH3 is 3. The first kappa shape index (κ1) is 20.8. The molecule has 0 N–H and O–H groups in total. The Morgan fingerprint density at radius 3 is 1.97 bits per heavy atom. The van der Waals surface area contributed by atoms with Gasteiger partial charge in [-0.25, -0.2) is 12.4 Å². The van der Waals surface area contributed by atoms with Crippen LogP contribution < -0.4 is 14.2 Å². The molecule has 6 nitrogen and oxygen atoms in total. The molecule has 0 bridgehead atoms. The van der Waals surface area contributed by atoms with Gasteiger partial charge in [0.2, 0.25) is 0 Å². The minimum absolute atomic E-state index is 0.205. The molecule has 0 unspecified atom stereocenters. The van der Waals surface area contributed by atoms with Gasteiger partial charge in [-0.15, -0.1) is 0 Å². The Balaban J connectivity index is 2.12. The standard InChI is InChI=1S/C24H23NO5S/c1-16-20-14-22(29-3)23(30-4)15-21(20)25(31(26,27)19-8-6-5-7-9-19)24(16)17-10-12-18(28-2)13-11-17/h5-15H,1-4H3. The van der Waals surface area contributed by atoms with Gasteiger partial charge in [-0.3, -0.25) is 0 Å². The van der Waals surface area contributed by atoms with Crippen molar-refractivity contribution in [2.24, 2.45) is 0 Å². The molecule has 1 heterocycles. The third-order valence-corrected chi connectivity index (χ3v) is 7.06. The fourth-order valence-corrected chi connectivity index (χ4v) is 5.37. The maximum atomic E-state index is 13.8. The molecule has 0 aliphatic heterocycles. The third-order valence-electron chi connectivity index (χ3n) is 5.33. The van der Waals surface area contributed by atoms with E-state index in [1.807, 2.05) is 37.3 Å². The highest BCUT2D eigenvalue weighted by Gasteiger charge is 2.27. The first-order chi connectivity index (χ1) is 14.9. The predicted octanol–water partition coefficient (Wildman–Crippen LogP) is 4.88. The Labute approximate surface area is 181 Å². The Kier molecular flexibility index (Phi) is 5.37. The summed E-state index contributed by atoms with van der Waals surface area (Å²) in [4.78, 5) is 0.205. The monoisotopic (exact) mass is 437 g/mol. The lowest BCUT2D eigenvalue weighted by Gasteiger charge is -2.14. The van der Waals surface area contributed by atoms with Gasteiger partial charge in [-0.1, -0.05) is 18.2 Å². The second-order valence-corrected chi connectivity index (χ2v) is 8.80. The highest BCUT2D eigenvalue weighted by molar-refractivity contribution is 7.90. The van der Waals surface area contributed by atoms with Crippen LogP contribution in [-0.2, 0) is 10.0 Å². The number of aryl methyl sites for hydroxylation is 1. The van der Waals surface area contributed by atoms with Crippen LogP contribution in [0.1, 0.15) is 5.56 Å². The van der Waals surface area contributed by atoms with Crippen molar-refractivity contribution >= 4 is 20.9 Å². The lowest BCUT2D eigenvalue weighted by molar-refractivity contribution is 0.356. The van der Waals surface area contributed by atoms with Crippen LogP contribution in [0.2, 0.25) is 0 Å². The van der Waals surface area contributed by atoms with E-state index in [4.69, 9.17) is 14.2 Å². The number of rotatable bonds is 6. The molecule has 0 radical (unpaired) electrons. The number of nitrogens with zero attached hydrogens (tertiary/aromatic N) is 1. The molecule has 4 rings (SSSR count). The highest BCUT2D eigenvalue weighted by Crippen LogP contribution is 2.41. The second-order valence-electron chi connectivity index (χ2n) is 7.01. The molecule has 3 aromatic carbocycles. The van der Waals surface area contributed by atoms with E-state index in [0.29, 0.717) is 28.5 Å². The molecular formula is C24H23NO5S. The van der Waals surface area contributed by atoms with Gasteiger partial charge in [0.15, 0.2) is 11.5 Å². The molecule has 0 aliphatic carbocycles. The summed E-state index contributed by atoms with van der Waals surface area (Å²) in [5, 5.41) is 0.767. The summed E-state index contributed by atoms with van der Waals surface area (Å²) < 4.78 is 45.2. The molecule has 0 aliphatic rings. The molecule has 7 heteroatoms. The summed E-state index contributed by atoms with van der Waals surface area (Å²) >= 11 is 0. The first-order valence-corrected chi connectivity index (χ1v) is 11.1. The minimum Gasteiger partial charge on any atom is -0.497 e. The Bertz CT molecular complexity index is 1340. The number of hydrogen-bond acceptors (Lipinski definition) is 5. The molecule has 31 heavy (non-hydrogen) atoms. The maximum absolute atomic E-state index is 13.8. The van der Waals surface area contributed by atoms with E-state index in [9.17, 15) is 8.42 Å². The van der Waals surface area contributed by atoms with Gasteiger partial charge in [-0.05, 0) is 60.5 Å². The minimum atomic E-state index is -3.89. The molecule has 0 fully saturated rings. The average molecular weight is 438 g/mol. The maximum Gasteiger partial charge on any atom is 0.268 e. The third kappa shape index (κ3) is 3.41. The normalized spacial score (nSPS) is 11.5. The van der Waals surface area contributed by atoms with Crippen molar-refractivity contribution in [1.82, 2.24) is 3.97 Å². The van der Waals surface area contributed by atoms with Crippen LogP contribution in [0.5, 0.6) is 17.2 Å². The molecule has 0 spiro atoms. The lowest BCUT2D eigenvalue weighted by atomic mass is 10.1. The largest absolute Gasteiger partial charge is 0.497 e. The van der Waals surface area contributed by atoms with Crippen molar-refractivity contribution < 1.29 is 22.6 Å². The van der Waals surface area contributed by atoms with Gasteiger partial charge >= 0.3 is 0 Å². The lowest BCUT2D eigenvalue weighted by Crippen LogP contribution is -2.14. The van der Waals surface area contributed by atoms with Gasteiger partial charge in [0.25, 0.3) is 10.0 Å². The molecule has 1 aromatic heterocycles. The van der Waals surface area contributed by atoms with Crippen molar-refractivity contribution in [2.45, 2.75) is 11.8 Å². The molecule has 0 saturated carbocycles. The number of ether oxygens (including phenoxy) is 3. The van der Waals surface area contributed by atoms with E-state index >= 15 is 0 Å². The number of hydrogen-bond donors (Lipinski definition) is 0. The quantitative estimate of drug-likeness (QED) is 0.430. The van der Waals surface area contributed by atoms with Crippen LogP contribution >= 0.6 is 0 Å². The average Bonchev–Trinajstić information content (AvgIpc) is 3.10. The van der Waals surface area contributed by atoms with Crippen LogP contribution in [0.25, 0.3) is 22.2 Å². The summed E-state index contributed by atoms with van der Waals surface area (Å²) in [7, 11) is 0.783. The van der Waals surface area contributed by atoms with Crippen molar-refractivity contribution in [3.63, 3.8) is 0 Å². The van der Waals surface area contributed by atoms with Crippen molar-refractivity contribution in [1.29, 1.82) is 0 Å². The van der Waals surface area contributed by atoms with E-state index in [1.54, 1.807) is 50.6 Å². The Morgan fingerprint density at radius 1 is 0.774 bits per heavy atom. The first-order valence-electron chi connectivity index (χ1n) is 9.64. The van der Waals surface area contributed by atoms with E-state index < -0.39 is 10.0 Å². The smallest absolute Gasteiger partial charge is 0.268 e. The van der Waals surface area contributed by atoms with Gasteiger partial charge in [-0.2, -0.15) is 0 Å². The van der Waals surface area contributed by atoms with Crippen LogP contribution in [0.15, 0.2) is 71.6 Å². The summed E-state index contributed by atoms with van der Waals surface area (Å²) in [6, 6.07) is 19.2. The summed E-state index contributed by atoms with van der Waals surface area (Å²) in [5.41, 5.74) is 2.68. The van der Waals surface area contributed by atoms with Crippen LogP contribution in [0.4, 0.5) is 0 Å². The number of benzene rings is 3. The Morgan fingerprint density at radius 2 is 1.39 bits per heavy atom. The predicted molar refractivity (Wildman–Crippen MR) is 121 cm³/mol. The van der Waals surface area contributed by atoms with Crippen LogP contribution in [-0.4, -0.2) is 33.7 Å². The highest BCUT2D eigenvalue weighted by atomic mass is 32.2. The van der Waals surface area contributed by atoms with Gasteiger partial charge < -0.3 is 14.2 Å².